The molecule has 0 aromatic heterocycles. The van der Waals surface area contributed by atoms with E-state index in [1.165, 1.54) is 6.07 Å². The Morgan fingerprint density at radius 1 is 1.37 bits per heavy atom. The van der Waals surface area contributed by atoms with Crippen LogP contribution in [0.2, 0.25) is 0 Å². The molecule has 0 bridgehead atoms. The Hall–Kier alpha value is -0.970. The van der Waals surface area contributed by atoms with Gasteiger partial charge in [0.05, 0.1) is 0 Å². The Bertz CT molecular complexity index is 405. The van der Waals surface area contributed by atoms with Crippen LogP contribution in [0, 0.1) is 12.7 Å². The number of nitrogens with one attached hydrogen (secondary N) is 1. The number of piperazine rings is 1. The van der Waals surface area contributed by atoms with E-state index in [4.69, 9.17) is 5.11 Å². The van der Waals surface area contributed by atoms with Crippen LogP contribution in [0.4, 0.5) is 4.39 Å². The minimum absolute atomic E-state index is 0.137. The van der Waals surface area contributed by atoms with Crippen molar-refractivity contribution in [3.05, 3.63) is 35.1 Å². The van der Waals surface area contributed by atoms with E-state index in [9.17, 15) is 4.39 Å². The maximum atomic E-state index is 13.7. The van der Waals surface area contributed by atoms with E-state index in [1.54, 1.807) is 6.07 Å². The van der Waals surface area contributed by atoms with Crippen LogP contribution >= 0.6 is 0 Å². The second kappa shape index (κ2) is 6.98. The van der Waals surface area contributed by atoms with Crippen LogP contribution in [0.25, 0.3) is 0 Å². The van der Waals surface area contributed by atoms with Crippen molar-refractivity contribution in [1.29, 1.82) is 0 Å². The number of aliphatic hydroxyl groups is 1. The first kappa shape index (κ1) is 14.4. The summed E-state index contributed by atoms with van der Waals surface area (Å²) >= 11 is 0. The van der Waals surface area contributed by atoms with Gasteiger partial charge in [0.25, 0.3) is 0 Å². The third-order valence-electron chi connectivity index (χ3n) is 3.90. The summed E-state index contributed by atoms with van der Waals surface area (Å²) in [6, 6.07) is 5.53. The Morgan fingerprint density at radius 2 is 2.11 bits per heavy atom. The summed E-state index contributed by atoms with van der Waals surface area (Å²) in [5.41, 5.74) is 1.80. The van der Waals surface area contributed by atoms with Crippen molar-refractivity contribution in [3.8, 4) is 0 Å². The van der Waals surface area contributed by atoms with E-state index in [0.29, 0.717) is 0 Å². The minimum atomic E-state index is -0.137. The molecule has 1 aliphatic heterocycles. The highest BCUT2D eigenvalue weighted by Crippen LogP contribution is 2.29. The maximum absolute atomic E-state index is 13.7. The molecule has 3 nitrogen and oxygen atoms in total. The number of halogens is 1. The van der Waals surface area contributed by atoms with Gasteiger partial charge in [0.1, 0.15) is 5.82 Å². The first-order valence-corrected chi connectivity index (χ1v) is 7.04. The van der Waals surface area contributed by atoms with Crippen molar-refractivity contribution < 1.29 is 9.50 Å². The molecule has 0 aliphatic carbocycles. The third kappa shape index (κ3) is 3.53. The van der Waals surface area contributed by atoms with Gasteiger partial charge in [0.15, 0.2) is 0 Å². The molecule has 0 spiro atoms. The van der Waals surface area contributed by atoms with Crippen LogP contribution in [0.15, 0.2) is 18.2 Å². The van der Waals surface area contributed by atoms with Gasteiger partial charge in [-0.1, -0.05) is 12.1 Å². The molecule has 0 amide bonds. The normalized spacial score (nSPS) is 18.5. The molecule has 1 fully saturated rings. The lowest BCUT2D eigenvalue weighted by Crippen LogP contribution is -2.45. The van der Waals surface area contributed by atoms with Crippen LogP contribution in [0.3, 0.4) is 0 Å². The van der Waals surface area contributed by atoms with E-state index >= 15 is 0 Å². The first-order valence-electron chi connectivity index (χ1n) is 7.04. The van der Waals surface area contributed by atoms with E-state index in [-0.39, 0.29) is 18.5 Å². The van der Waals surface area contributed by atoms with Gasteiger partial charge in [-0.3, -0.25) is 4.90 Å². The summed E-state index contributed by atoms with van der Waals surface area (Å²) in [5, 5.41) is 12.4. The second-order valence-electron chi connectivity index (χ2n) is 5.12. The Morgan fingerprint density at radius 3 is 2.79 bits per heavy atom. The monoisotopic (exact) mass is 266 g/mol. The Balaban J connectivity index is 2.22. The Labute approximate surface area is 114 Å². The van der Waals surface area contributed by atoms with Crippen molar-refractivity contribution in [2.75, 3.05) is 32.8 Å². The van der Waals surface area contributed by atoms with E-state index in [0.717, 1.165) is 50.1 Å². The summed E-state index contributed by atoms with van der Waals surface area (Å²) in [7, 11) is 0. The summed E-state index contributed by atoms with van der Waals surface area (Å²) in [6.45, 7) is 5.95. The molecule has 1 atom stereocenters. The smallest absolute Gasteiger partial charge is 0.126 e. The number of nitrogens with zero attached hydrogens (tertiary/aromatic N) is 1. The number of rotatable bonds is 5. The minimum Gasteiger partial charge on any atom is -0.396 e. The molecule has 1 aliphatic rings. The van der Waals surface area contributed by atoms with Crippen LogP contribution in [0.1, 0.15) is 30.0 Å². The third-order valence-corrected chi connectivity index (χ3v) is 3.90. The van der Waals surface area contributed by atoms with Gasteiger partial charge in [-0.25, -0.2) is 4.39 Å². The number of aliphatic hydroxyl groups excluding tert-OH is 1. The zero-order valence-electron chi connectivity index (χ0n) is 11.5. The highest BCUT2D eigenvalue weighted by molar-refractivity contribution is 5.30. The average Bonchev–Trinajstić information content (AvgIpc) is 2.45. The lowest BCUT2D eigenvalue weighted by atomic mass is 9.95. The molecule has 106 valence electrons. The van der Waals surface area contributed by atoms with E-state index in [1.807, 2.05) is 13.0 Å². The molecule has 19 heavy (non-hydrogen) atoms. The maximum Gasteiger partial charge on any atom is 0.126 e. The molecule has 4 heteroatoms. The molecule has 2 rings (SSSR count). The van der Waals surface area contributed by atoms with Crippen LogP contribution in [-0.2, 0) is 0 Å². The molecular formula is C15H23FN2O. The predicted molar refractivity (Wildman–Crippen MR) is 74.6 cm³/mol. The van der Waals surface area contributed by atoms with E-state index < -0.39 is 0 Å². The van der Waals surface area contributed by atoms with Gasteiger partial charge in [0.2, 0.25) is 0 Å². The molecule has 1 heterocycles. The van der Waals surface area contributed by atoms with Gasteiger partial charge < -0.3 is 10.4 Å². The molecule has 1 aromatic rings. The Kier molecular flexibility index (Phi) is 5.31. The topological polar surface area (TPSA) is 35.5 Å². The van der Waals surface area contributed by atoms with Crippen LogP contribution < -0.4 is 5.32 Å². The summed E-state index contributed by atoms with van der Waals surface area (Å²) in [6.07, 6.45) is 1.63. The fourth-order valence-electron chi connectivity index (χ4n) is 2.80. The average molecular weight is 266 g/mol. The van der Waals surface area contributed by atoms with E-state index in [2.05, 4.69) is 10.2 Å². The number of hydrogen-bond acceptors (Lipinski definition) is 3. The standard InChI is InChI=1S/C15H23FN2O/c1-12-13(4-2-5-14(12)16)15(6-3-11-19)18-9-7-17-8-10-18/h2,4-5,15,17,19H,3,6-11H2,1H3/t15-/m1/s1. The number of benzene rings is 1. The van der Waals surface area contributed by atoms with Gasteiger partial charge >= 0.3 is 0 Å². The largest absolute Gasteiger partial charge is 0.396 e. The zero-order valence-corrected chi connectivity index (χ0v) is 11.5. The quantitative estimate of drug-likeness (QED) is 0.854. The molecule has 1 aromatic carbocycles. The molecular weight excluding hydrogens is 243 g/mol. The molecule has 1 saturated heterocycles. The predicted octanol–water partition coefficient (Wildman–Crippen LogP) is 1.85. The number of hydrogen-bond donors (Lipinski definition) is 2. The van der Waals surface area contributed by atoms with Crippen molar-refractivity contribution in [2.45, 2.75) is 25.8 Å². The van der Waals surface area contributed by atoms with Gasteiger partial charge in [-0.05, 0) is 37.0 Å². The highest BCUT2D eigenvalue weighted by Gasteiger charge is 2.23. The van der Waals surface area contributed by atoms with Gasteiger partial charge in [-0.2, -0.15) is 0 Å². The first-order chi connectivity index (χ1) is 9.24. The van der Waals surface area contributed by atoms with Gasteiger partial charge in [0, 0.05) is 38.8 Å². The SMILES string of the molecule is Cc1c(F)cccc1[C@@H](CCCO)N1CCNCC1. The molecule has 0 unspecified atom stereocenters. The summed E-state index contributed by atoms with van der Waals surface area (Å²) in [4.78, 5) is 2.40. The second-order valence-corrected chi connectivity index (χ2v) is 5.12. The lowest BCUT2D eigenvalue weighted by Gasteiger charge is -2.36. The van der Waals surface area contributed by atoms with Gasteiger partial charge in [-0.15, -0.1) is 0 Å². The zero-order chi connectivity index (χ0) is 13.7. The lowest BCUT2D eigenvalue weighted by molar-refractivity contribution is 0.154. The van der Waals surface area contributed by atoms with Crippen molar-refractivity contribution >= 4 is 0 Å². The van der Waals surface area contributed by atoms with Crippen molar-refractivity contribution in [1.82, 2.24) is 10.2 Å². The summed E-state index contributed by atoms with van der Waals surface area (Å²) < 4.78 is 13.7. The molecule has 0 radical (unpaired) electrons. The van der Waals surface area contributed by atoms with Crippen LogP contribution in [-0.4, -0.2) is 42.8 Å². The van der Waals surface area contributed by atoms with Crippen molar-refractivity contribution in [3.63, 3.8) is 0 Å². The molecule has 2 N–H and O–H groups in total. The fourth-order valence-corrected chi connectivity index (χ4v) is 2.80. The van der Waals surface area contributed by atoms with Crippen LogP contribution in [0.5, 0.6) is 0 Å². The van der Waals surface area contributed by atoms with Crippen molar-refractivity contribution in [2.24, 2.45) is 0 Å². The fraction of sp³-hybridized carbons (Fsp3) is 0.600. The summed E-state index contributed by atoms with van der Waals surface area (Å²) in [5.74, 6) is -0.137. The highest BCUT2D eigenvalue weighted by atomic mass is 19.1. The molecule has 0 saturated carbocycles.